The van der Waals surface area contributed by atoms with Crippen LogP contribution in [0.4, 0.5) is 0 Å². The second kappa shape index (κ2) is 4.67. The summed E-state index contributed by atoms with van der Waals surface area (Å²) in [5.41, 5.74) is 8.40. The van der Waals surface area contributed by atoms with E-state index < -0.39 is 0 Å². The molecular weight excluding hydrogens is 186 g/mol. The van der Waals surface area contributed by atoms with Gasteiger partial charge in [0.05, 0.1) is 7.11 Å². The number of hydrogen-bond donors (Lipinski definition) is 1. The zero-order valence-corrected chi connectivity index (χ0v) is 10.1. The van der Waals surface area contributed by atoms with Crippen molar-refractivity contribution in [2.75, 3.05) is 13.7 Å². The SMILES string of the molecule is COc1ccc(CC(C)(C)CN)cc1C. The van der Waals surface area contributed by atoms with Gasteiger partial charge in [-0.05, 0) is 42.5 Å². The standard InChI is InChI=1S/C13H21NO/c1-10-7-11(5-6-12(10)15-4)8-13(2,3)9-14/h5-7H,8-9,14H2,1-4H3. The number of aryl methyl sites for hydroxylation is 1. The highest BCUT2D eigenvalue weighted by atomic mass is 16.5. The van der Waals surface area contributed by atoms with Crippen molar-refractivity contribution in [1.29, 1.82) is 0 Å². The van der Waals surface area contributed by atoms with E-state index in [1.807, 2.05) is 6.07 Å². The van der Waals surface area contributed by atoms with Crippen molar-refractivity contribution < 1.29 is 4.74 Å². The van der Waals surface area contributed by atoms with E-state index in [2.05, 4.69) is 32.9 Å². The first-order chi connectivity index (χ1) is 6.98. The van der Waals surface area contributed by atoms with Crippen LogP contribution in [-0.2, 0) is 6.42 Å². The van der Waals surface area contributed by atoms with E-state index >= 15 is 0 Å². The second-order valence-corrected chi connectivity index (χ2v) is 4.85. The number of hydrogen-bond acceptors (Lipinski definition) is 2. The summed E-state index contributed by atoms with van der Waals surface area (Å²) in [6.45, 7) is 7.15. The van der Waals surface area contributed by atoms with Gasteiger partial charge in [0.2, 0.25) is 0 Å². The monoisotopic (exact) mass is 207 g/mol. The first kappa shape index (κ1) is 12.1. The third kappa shape index (κ3) is 3.24. The molecule has 0 spiro atoms. The minimum Gasteiger partial charge on any atom is -0.496 e. The maximum absolute atomic E-state index is 5.72. The summed E-state index contributed by atoms with van der Waals surface area (Å²) in [7, 11) is 1.70. The summed E-state index contributed by atoms with van der Waals surface area (Å²) in [6.07, 6.45) is 1.01. The van der Waals surface area contributed by atoms with Gasteiger partial charge in [0.25, 0.3) is 0 Å². The maximum atomic E-state index is 5.72. The molecule has 1 rings (SSSR count). The molecule has 0 amide bonds. The molecule has 1 aromatic carbocycles. The fourth-order valence-electron chi connectivity index (χ4n) is 1.68. The van der Waals surface area contributed by atoms with Gasteiger partial charge in [-0.25, -0.2) is 0 Å². The summed E-state index contributed by atoms with van der Waals surface area (Å²) in [5, 5.41) is 0. The van der Waals surface area contributed by atoms with E-state index in [0.717, 1.165) is 12.2 Å². The normalized spacial score (nSPS) is 11.5. The van der Waals surface area contributed by atoms with Gasteiger partial charge in [0.15, 0.2) is 0 Å². The lowest BCUT2D eigenvalue weighted by atomic mass is 9.85. The van der Waals surface area contributed by atoms with Gasteiger partial charge in [-0.15, -0.1) is 0 Å². The molecule has 2 N–H and O–H groups in total. The molecule has 0 heterocycles. The Labute approximate surface area is 92.4 Å². The Kier molecular flexibility index (Phi) is 3.75. The van der Waals surface area contributed by atoms with Crippen LogP contribution in [-0.4, -0.2) is 13.7 Å². The van der Waals surface area contributed by atoms with E-state index in [1.54, 1.807) is 7.11 Å². The lowest BCUT2D eigenvalue weighted by Gasteiger charge is -2.22. The largest absolute Gasteiger partial charge is 0.496 e. The number of methoxy groups -OCH3 is 1. The number of nitrogens with two attached hydrogens (primary N) is 1. The Hall–Kier alpha value is -1.02. The lowest BCUT2D eigenvalue weighted by Crippen LogP contribution is -2.25. The molecule has 0 unspecified atom stereocenters. The van der Waals surface area contributed by atoms with Gasteiger partial charge in [-0.3, -0.25) is 0 Å². The summed E-state index contributed by atoms with van der Waals surface area (Å²) in [5.74, 6) is 0.948. The molecule has 0 fully saturated rings. The van der Waals surface area contributed by atoms with Gasteiger partial charge in [0.1, 0.15) is 5.75 Å². The molecule has 2 nitrogen and oxygen atoms in total. The number of ether oxygens (including phenoxy) is 1. The van der Waals surface area contributed by atoms with Crippen molar-refractivity contribution in [1.82, 2.24) is 0 Å². The highest BCUT2D eigenvalue weighted by Gasteiger charge is 2.16. The minimum absolute atomic E-state index is 0.168. The molecule has 2 heteroatoms. The minimum atomic E-state index is 0.168. The van der Waals surface area contributed by atoms with E-state index in [9.17, 15) is 0 Å². The Morgan fingerprint density at radius 1 is 1.33 bits per heavy atom. The molecule has 0 bridgehead atoms. The van der Waals surface area contributed by atoms with Crippen molar-refractivity contribution >= 4 is 0 Å². The van der Waals surface area contributed by atoms with Crippen LogP contribution in [0.25, 0.3) is 0 Å². The Balaban J connectivity index is 2.84. The van der Waals surface area contributed by atoms with Crippen molar-refractivity contribution in [3.05, 3.63) is 29.3 Å². The topological polar surface area (TPSA) is 35.2 Å². The van der Waals surface area contributed by atoms with Crippen LogP contribution in [0.1, 0.15) is 25.0 Å². The zero-order chi connectivity index (χ0) is 11.5. The molecule has 15 heavy (non-hydrogen) atoms. The van der Waals surface area contributed by atoms with E-state index in [4.69, 9.17) is 10.5 Å². The summed E-state index contributed by atoms with van der Waals surface area (Å²) in [6, 6.07) is 6.32. The summed E-state index contributed by atoms with van der Waals surface area (Å²) < 4.78 is 5.23. The Morgan fingerprint density at radius 3 is 2.47 bits per heavy atom. The highest BCUT2D eigenvalue weighted by Crippen LogP contribution is 2.24. The number of rotatable bonds is 4. The van der Waals surface area contributed by atoms with Crippen LogP contribution in [0.3, 0.4) is 0 Å². The fraction of sp³-hybridized carbons (Fsp3) is 0.538. The number of benzene rings is 1. The van der Waals surface area contributed by atoms with Gasteiger partial charge in [-0.1, -0.05) is 26.0 Å². The van der Waals surface area contributed by atoms with Gasteiger partial charge < -0.3 is 10.5 Å². The van der Waals surface area contributed by atoms with E-state index in [-0.39, 0.29) is 5.41 Å². The van der Waals surface area contributed by atoms with Crippen molar-refractivity contribution in [3.63, 3.8) is 0 Å². The lowest BCUT2D eigenvalue weighted by molar-refractivity contribution is 0.375. The maximum Gasteiger partial charge on any atom is 0.121 e. The van der Waals surface area contributed by atoms with Crippen LogP contribution in [0.5, 0.6) is 5.75 Å². The van der Waals surface area contributed by atoms with Crippen LogP contribution in [0.15, 0.2) is 18.2 Å². The third-order valence-electron chi connectivity index (χ3n) is 2.69. The molecule has 0 aliphatic heterocycles. The Morgan fingerprint density at radius 2 is 2.00 bits per heavy atom. The van der Waals surface area contributed by atoms with Crippen molar-refractivity contribution in [2.45, 2.75) is 27.2 Å². The van der Waals surface area contributed by atoms with Gasteiger partial charge >= 0.3 is 0 Å². The zero-order valence-electron chi connectivity index (χ0n) is 10.1. The van der Waals surface area contributed by atoms with Crippen LogP contribution in [0, 0.1) is 12.3 Å². The van der Waals surface area contributed by atoms with Crippen molar-refractivity contribution in [3.8, 4) is 5.75 Å². The highest BCUT2D eigenvalue weighted by molar-refractivity contribution is 5.36. The van der Waals surface area contributed by atoms with Crippen LogP contribution >= 0.6 is 0 Å². The average Bonchev–Trinajstić information content (AvgIpc) is 2.17. The second-order valence-electron chi connectivity index (χ2n) is 4.85. The van der Waals surface area contributed by atoms with Crippen molar-refractivity contribution in [2.24, 2.45) is 11.1 Å². The molecule has 0 aromatic heterocycles. The van der Waals surface area contributed by atoms with Gasteiger partial charge in [-0.2, -0.15) is 0 Å². The molecule has 0 aliphatic carbocycles. The van der Waals surface area contributed by atoms with Crippen LogP contribution < -0.4 is 10.5 Å². The third-order valence-corrected chi connectivity index (χ3v) is 2.69. The van der Waals surface area contributed by atoms with Crippen LogP contribution in [0.2, 0.25) is 0 Å². The molecule has 0 radical (unpaired) electrons. The molecular formula is C13H21NO. The smallest absolute Gasteiger partial charge is 0.121 e. The Bertz CT molecular complexity index is 331. The molecule has 0 saturated heterocycles. The first-order valence-corrected chi connectivity index (χ1v) is 5.32. The molecule has 0 aliphatic rings. The first-order valence-electron chi connectivity index (χ1n) is 5.32. The predicted octanol–water partition coefficient (Wildman–Crippen LogP) is 2.53. The quantitative estimate of drug-likeness (QED) is 0.823. The van der Waals surface area contributed by atoms with E-state index in [0.29, 0.717) is 6.54 Å². The fourth-order valence-corrected chi connectivity index (χ4v) is 1.68. The summed E-state index contributed by atoms with van der Waals surface area (Å²) >= 11 is 0. The summed E-state index contributed by atoms with van der Waals surface area (Å²) in [4.78, 5) is 0. The predicted molar refractivity (Wildman–Crippen MR) is 64.3 cm³/mol. The molecule has 1 aromatic rings. The molecule has 0 saturated carbocycles. The average molecular weight is 207 g/mol. The van der Waals surface area contributed by atoms with Gasteiger partial charge in [0, 0.05) is 0 Å². The molecule has 84 valence electrons. The van der Waals surface area contributed by atoms with E-state index in [1.165, 1.54) is 11.1 Å². The molecule has 0 atom stereocenters.